The van der Waals surface area contributed by atoms with Crippen LogP contribution < -0.4 is 0 Å². The van der Waals surface area contributed by atoms with Crippen molar-refractivity contribution in [3.05, 3.63) is 36.0 Å². The number of para-hydroxylation sites is 1. The lowest BCUT2D eigenvalue weighted by atomic mass is 9.98. The summed E-state index contributed by atoms with van der Waals surface area (Å²) in [6, 6.07) is 8.31. The molecule has 1 heterocycles. The molecule has 0 spiro atoms. The van der Waals surface area contributed by atoms with Crippen LogP contribution >= 0.6 is 0 Å². The van der Waals surface area contributed by atoms with Crippen LogP contribution in [0.2, 0.25) is 0 Å². The third-order valence-electron chi connectivity index (χ3n) is 3.48. The van der Waals surface area contributed by atoms with Gasteiger partial charge >= 0.3 is 11.9 Å². The highest BCUT2D eigenvalue weighted by Crippen LogP contribution is 2.30. The number of benzene rings is 1. The molecule has 7 nitrogen and oxygen atoms in total. The summed E-state index contributed by atoms with van der Waals surface area (Å²) in [5, 5.41) is 10.6. The van der Waals surface area contributed by atoms with Gasteiger partial charge in [0.2, 0.25) is 0 Å². The number of esters is 2. The number of pyridine rings is 1. The van der Waals surface area contributed by atoms with Crippen molar-refractivity contribution in [2.24, 2.45) is 5.92 Å². The van der Waals surface area contributed by atoms with Gasteiger partial charge in [0.15, 0.2) is 5.92 Å². The topological polar surface area (TPSA) is 95.0 Å². The molecular weight excluding hydrogens is 302 g/mol. The number of phenols is 1. The molecule has 0 aliphatic rings. The maximum atomic E-state index is 11.9. The van der Waals surface area contributed by atoms with Gasteiger partial charge in [-0.05, 0) is 12.1 Å². The molecular formula is C16H17NO6. The number of hydrogen-bond donors (Lipinski definition) is 1. The van der Waals surface area contributed by atoms with E-state index in [2.05, 4.69) is 14.5 Å². The summed E-state index contributed by atoms with van der Waals surface area (Å²) in [5.41, 5.74) is 0.655. The summed E-state index contributed by atoms with van der Waals surface area (Å²) >= 11 is 0. The first-order chi connectivity index (χ1) is 11.0. The van der Waals surface area contributed by atoms with E-state index in [-0.39, 0.29) is 5.75 Å². The van der Waals surface area contributed by atoms with Crippen LogP contribution in [0.3, 0.4) is 0 Å². The largest absolute Gasteiger partial charge is 0.506 e. The maximum absolute atomic E-state index is 11.9. The van der Waals surface area contributed by atoms with Crippen LogP contribution in [0.4, 0.5) is 0 Å². The fourth-order valence-electron chi connectivity index (χ4n) is 2.33. The monoisotopic (exact) mass is 319 g/mol. The smallest absolute Gasteiger partial charge is 0.323 e. The molecule has 1 atom stereocenters. The first-order valence-corrected chi connectivity index (χ1v) is 6.80. The van der Waals surface area contributed by atoms with E-state index in [1.807, 2.05) is 0 Å². The van der Waals surface area contributed by atoms with Gasteiger partial charge in [0.05, 0.1) is 19.9 Å². The highest BCUT2D eigenvalue weighted by atomic mass is 16.6. The molecule has 0 aliphatic heterocycles. The van der Waals surface area contributed by atoms with Crippen molar-refractivity contribution in [1.29, 1.82) is 0 Å². The number of phenolic OH excluding ortho intramolecular Hbond substituents is 1. The van der Waals surface area contributed by atoms with E-state index in [0.29, 0.717) is 11.2 Å². The van der Waals surface area contributed by atoms with E-state index in [9.17, 15) is 14.7 Å². The first-order valence-electron chi connectivity index (χ1n) is 6.80. The van der Waals surface area contributed by atoms with Crippen molar-refractivity contribution in [2.45, 2.75) is 6.10 Å². The normalized spacial score (nSPS) is 12.2. The first kappa shape index (κ1) is 16.7. The summed E-state index contributed by atoms with van der Waals surface area (Å²) in [4.78, 5) is 28.2. The average molecular weight is 319 g/mol. The Morgan fingerprint density at radius 1 is 1.04 bits per heavy atom. The Balaban J connectivity index is 2.52. The summed E-state index contributed by atoms with van der Waals surface area (Å²) in [6.07, 6.45) is -1.00. The van der Waals surface area contributed by atoms with Gasteiger partial charge in [-0.25, -0.2) is 4.98 Å². The van der Waals surface area contributed by atoms with Gasteiger partial charge in [0.1, 0.15) is 17.4 Å². The van der Waals surface area contributed by atoms with Crippen LogP contribution in [0.25, 0.3) is 10.9 Å². The Bertz CT molecular complexity index is 714. The minimum Gasteiger partial charge on any atom is -0.506 e. The second kappa shape index (κ2) is 7.06. The van der Waals surface area contributed by atoms with E-state index < -0.39 is 24.0 Å². The second-order valence-corrected chi connectivity index (χ2v) is 4.77. The predicted molar refractivity (Wildman–Crippen MR) is 80.7 cm³/mol. The molecule has 0 saturated heterocycles. The van der Waals surface area contributed by atoms with Crippen LogP contribution in [-0.2, 0) is 23.8 Å². The number of rotatable bonds is 5. The number of hydrogen-bond acceptors (Lipinski definition) is 7. The summed E-state index contributed by atoms with van der Waals surface area (Å²) in [5.74, 6) is -2.90. The summed E-state index contributed by atoms with van der Waals surface area (Å²) in [6.45, 7) is 0. The number of ether oxygens (including phenoxy) is 3. The maximum Gasteiger partial charge on any atom is 0.323 e. The van der Waals surface area contributed by atoms with Crippen LogP contribution in [0, 0.1) is 5.92 Å². The number of carbonyl (C=O) groups is 2. The molecule has 7 heteroatoms. The van der Waals surface area contributed by atoms with Crippen LogP contribution in [0.5, 0.6) is 5.75 Å². The Kier molecular flexibility index (Phi) is 5.13. The number of nitrogens with zero attached hydrogens (tertiary/aromatic N) is 1. The number of aromatic nitrogens is 1. The SMILES string of the molecule is COC(=O)C(C(=O)OC)C(OC)c1ccc2cccc(O)c2n1. The van der Waals surface area contributed by atoms with Gasteiger partial charge in [-0.15, -0.1) is 0 Å². The zero-order valence-electron chi connectivity index (χ0n) is 13.0. The lowest BCUT2D eigenvalue weighted by molar-refractivity contribution is -0.165. The summed E-state index contributed by atoms with van der Waals surface area (Å²) < 4.78 is 14.6. The Labute approximate surface area is 132 Å². The van der Waals surface area contributed by atoms with Crippen molar-refractivity contribution < 1.29 is 28.9 Å². The molecule has 1 N–H and O–H groups in total. The van der Waals surface area contributed by atoms with Crippen molar-refractivity contribution in [2.75, 3.05) is 21.3 Å². The Hall–Kier alpha value is -2.67. The van der Waals surface area contributed by atoms with E-state index in [1.165, 1.54) is 27.4 Å². The molecule has 0 amide bonds. The minimum atomic E-state index is -1.31. The van der Waals surface area contributed by atoms with Crippen LogP contribution in [-0.4, -0.2) is 43.4 Å². The molecule has 1 unspecified atom stereocenters. The molecule has 0 fully saturated rings. The Morgan fingerprint density at radius 3 is 2.26 bits per heavy atom. The second-order valence-electron chi connectivity index (χ2n) is 4.77. The molecule has 2 aromatic rings. The van der Waals surface area contributed by atoms with Crippen molar-refractivity contribution in [1.82, 2.24) is 4.98 Å². The van der Waals surface area contributed by atoms with Gasteiger partial charge in [-0.2, -0.15) is 0 Å². The Morgan fingerprint density at radius 2 is 1.70 bits per heavy atom. The molecule has 0 aliphatic carbocycles. The fourth-order valence-corrected chi connectivity index (χ4v) is 2.33. The number of fused-ring (bicyclic) bond motifs is 1. The van der Waals surface area contributed by atoms with Gasteiger partial charge in [-0.1, -0.05) is 18.2 Å². The minimum absolute atomic E-state index is 0.00751. The predicted octanol–water partition coefficient (Wildman–Crippen LogP) is 1.59. The number of aromatic hydroxyl groups is 1. The zero-order chi connectivity index (χ0) is 17.0. The molecule has 0 saturated carbocycles. The van der Waals surface area contributed by atoms with Crippen LogP contribution in [0.1, 0.15) is 11.8 Å². The summed E-state index contributed by atoms with van der Waals surface area (Å²) in [7, 11) is 3.69. The lowest BCUT2D eigenvalue weighted by Crippen LogP contribution is -2.33. The molecule has 0 radical (unpaired) electrons. The number of carbonyl (C=O) groups excluding carboxylic acids is 2. The van der Waals surface area contributed by atoms with Gasteiger partial charge in [0, 0.05) is 12.5 Å². The average Bonchev–Trinajstić information content (AvgIpc) is 2.58. The van der Waals surface area contributed by atoms with Crippen molar-refractivity contribution in [3.63, 3.8) is 0 Å². The number of methoxy groups -OCH3 is 3. The zero-order valence-corrected chi connectivity index (χ0v) is 13.0. The highest BCUT2D eigenvalue weighted by Gasteiger charge is 2.39. The lowest BCUT2D eigenvalue weighted by Gasteiger charge is -2.22. The third-order valence-corrected chi connectivity index (χ3v) is 3.48. The third kappa shape index (κ3) is 3.24. The van der Waals surface area contributed by atoms with Crippen molar-refractivity contribution >= 4 is 22.8 Å². The molecule has 2 rings (SSSR count). The quantitative estimate of drug-likeness (QED) is 0.660. The standard InChI is InChI=1S/C16H17NO6/c1-21-14(12(15(19)22-2)16(20)23-3)10-8-7-9-5-4-6-11(18)13(9)17-10/h4-8,12,14,18H,1-3H3. The molecule has 1 aromatic heterocycles. The van der Waals surface area contributed by atoms with Crippen LogP contribution in [0.15, 0.2) is 30.3 Å². The van der Waals surface area contributed by atoms with E-state index >= 15 is 0 Å². The van der Waals surface area contributed by atoms with Crippen molar-refractivity contribution in [3.8, 4) is 5.75 Å². The van der Waals surface area contributed by atoms with E-state index in [0.717, 1.165) is 5.39 Å². The fraction of sp³-hybridized carbons (Fsp3) is 0.312. The molecule has 0 bridgehead atoms. The van der Waals surface area contributed by atoms with Gasteiger partial charge in [0.25, 0.3) is 0 Å². The highest BCUT2D eigenvalue weighted by molar-refractivity contribution is 5.95. The molecule has 23 heavy (non-hydrogen) atoms. The van der Waals surface area contributed by atoms with Gasteiger partial charge in [-0.3, -0.25) is 9.59 Å². The molecule has 122 valence electrons. The molecule has 1 aromatic carbocycles. The van der Waals surface area contributed by atoms with E-state index in [1.54, 1.807) is 24.3 Å². The van der Waals surface area contributed by atoms with Gasteiger partial charge < -0.3 is 19.3 Å². The van der Waals surface area contributed by atoms with E-state index in [4.69, 9.17) is 4.74 Å².